The highest BCUT2D eigenvalue weighted by Gasteiger charge is 2.60. The van der Waals surface area contributed by atoms with Crippen molar-refractivity contribution in [3.05, 3.63) is 0 Å². The normalized spacial score (nSPS) is 31.3. The minimum atomic E-state index is -2.02. The molecule has 67 heavy (non-hydrogen) atoms. The zero-order valence-electron chi connectivity index (χ0n) is 38.3. The lowest BCUT2D eigenvalue weighted by atomic mass is 9.95. The Morgan fingerprint density at radius 2 is 0.597 bits per heavy atom. The van der Waals surface area contributed by atoms with Gasteiger partial charge in [0.25, 0.3) is 0 Å². The molecule has 26 nitrogen and oxygen atoms in total. The lowest BCUT2D eigenvalue weighted by molar-refractivity contribution is -0.372. The van der Waals surface area contributed by atoms with E-state index in [2.05, 4.69) is 0 Å². The molecule has 3 aliphatic rings. The smallest absolute Gasteiger partial charge is 0.303 e. The van der Waals surface area contributed by atoms with E-state index < -0.39 is 176 Å². The second-order valence-electron chi connectivity index (χ2n) is 14.9. The van der Waals surface area contributed by atoms with Crippen LogP contribution in [0, 0.1) is 0 Å². The average molecular weight is 983 g/mol. The van der Waals surface area contributed by atoms with Gasteiger partial charge in [0.05, 0.1) is 0 Å². The molecule has 0 unspecified atom stereocenters. The molecular formula is C40H54O26S. The number of esters is 10. The highest BCUT2D eigenvalue weighted by Crippen LogP contribution is 2.39. The van der Waals surface area contributed by atoms with Gasteiger partial charge in [0.2, 0.25) is 0 Å². The van der Waals surface area contributed by atoms with Crippen LogP contribution in [0.15, 0.2) is 0 Å². The monoisotopic (exact) mass is 982 g/mol. The van der Waals surface area contributed by atoms with Crippen LogP contribution in [0.5, 0.6) is 0 Å². The number of ether oxygens (including phenoxy) is 15. The van der Waals surface area contributed by atoms with Crippen LogP contribution in [-0.4, -0.2) is 176 Å². The van der Waals surface area contributed by atoms with Gasteiger partial charge in [-0.05, 0) is 0 Å². The summed E-state index contributed by atoms with van der Waals surface area (Å²) in [7, 11) is 0. The fraction of sp³-hybridized carbons (Fsp3) is 0.725. The van der Waals surface area contributed by atoms with Crippen LogP contribution in [0.25, 0.3) is 0 Å². The van der Waals surface area contributed by atoms with E-state index in [1.807, 2.05) is 0 Å². The van der Waals surface area contributed by atoms with E-state index in [1.165, 1.54) is 6.92 Å². The van der Waals surface area contributed by atoms with Gasteiger partial charge in [-0.3, -0.25) is 52.7 Å². The Bertz CT molecular complexity index is 1850. The predicted octanol–water partition coefficient (Wildman–Crippen LogP) is -0.578. The molecule has 3 rings (SSSR count). The minimum absolute atomic E-state index is 0.531. The largest absolute Gasteiger partial charge is 0.463 e. The van der Waals surface area contributed by atoms with Gasteiger partial charge in [-0.2, -0.15) is 0 Å². The number of thioether (sulfide) groups is 1. The van der Waals surface area contributed by atoms with E-state index in [0.29, 0.717) is 11.8 Å². The third kappa shape index (κ3) is 17.3. The third-order valence-electron chi connectivity index (χ3n) is 9.11. The maximum atomic E-state index is 13.0. The quantitative estimate of drug-likeness (QED) is 0.122. The molecule has 0 aromatic rings. The maximum Gasteiger partial charge on any atom is 0.303 e. The molecule has 0 bridgehead atoms. The molecule has 0 aromatic carbocycles. The first-order valence-electron chi connectivity index (χ1n) is 20.3. The zero-order chi connectivity index (χ0) is 50.4. The first-order valence-corrected chi connectivity index (χ1v) is 21.2. The molecule has 15 atom stereocenters. The molecule has 0 amide bonds. The molecule has 376 valence electrons. The summed E-state index contributed by atoms with van der Waals surface area (Å²) >= 11 is 0.531. The van der Waals surface area contributed by atoms with Crippen molar-refractivity contribution in [1.82, 2.24) is 0 Å². The van der Waals surface area contributed by atoms with Gasteiger partial charge in [0, 0.05) is 76.2 Å². The van der Waals surface area contributed by atoms with Crippen molar-refractivity contribution >= 4 is 76.6 Å². The van der Waals surface area contributed by atoms with Gasteiger partial charge in [0.15, 0.2) is 65.9 Å². The number of carbonyl (C=O) groups is 11. The summed E-state index contributed by atoms with van der Waals surface area (Å²) in [5.74, 6) is -9.51. The Morgan fingerprint density at radius 3 is 0.925 bits per heavy atom. The Kier molecular flexibility index (Phi) is 21.3. The molecule has 0 N–H and O–H groups in total. The van der Waals surface area contributed by atoms with E-state index in [4.69, 9.17) is 71.1 Å². The molecule has 3 aliphatic heterocycles. The summed E-state index contributed by atoms with van der Waals surface area (Å²) in [5.41, 5.74) is -1.41. The number of hydrogen-bond acceptors (Lipinski definition) is 27. The van der Waals surface area contributed by atoms with Gasteiger partial charge in [-0.1, -0.05) is 11.8 Å². The number of hydrogen-bond donors (Lipinski definition) is 0. The molecule has 3 heterocycles. The van der Waals surface area contributed by atoms with E-state index >= 15 is 0 Å². The number of carbonyl (C=O) groups excluding carboxylic acids is 11. The molecule has 0 saturated carbocycles. The third-order valence-corrected chi connectivity index (χ3v) is 10.0. The van der Waals surface area contributed by atoms with Crippen molar-refractivity contribution in [2.45, 2.75) is 167 Å². The fourth-order valence-corrected chi connectivity index (χ4v) is 7.88. The minimum Gasteiger partial charge on any atom is -0.463 e. The Balaban J connectivity index is 2.31. The summed E-state index contributed by atoms with van der Waals surface area (Å²) in [6.45, 7) is 8.97. The van der Waals surface area contributed by atoms with E-state index in [-0.39, 0.29) is 0 Å². The van der Waals surface area contributed by atoms with Crippen LogP contribution < -0.4 is 0 Å². The van der Waals surface area contributed by atoms with Gasteiger partial charge in [0.1, 0.15) is 50.3 Å². The summed E-state index contributed by atoms with van der Waals surface area (Å²) in [6, 6.07) is 0. The van der Waals surface area contributed by atoms with Crippen molar-refractivity contribution < 1.29 is 124 Å². The van der Waals surface area contributed by atoms with Crippen LogP contribution in [0.1, 0.15) is 76.2 Å². The second-order valence-corrected chi connectivity index (χ2v) is 16.1. The molecule has 0 aliphatic carbocycles. The highest BCUT2D eigenvalue weighted by molar-refractivity contribution is 8.14. The molecule has 3 saturated heterocycles. The first-order chi connectivity index (χ1) is 31.3. The standard InChI is InChI=1S/C40H54O26S/c1-15(41)52-12-26-29(55-18(4)44)32(56-19(5)45)35(59-22(8)48)38(62-26)65-30-27(13-53-16(2)42)63-39(36(60-23(9)49)33(30)57-20(6)46)66-31-28(14-54-17(3)43)64-40(67-25(11)51)37(61-24(10)50)34(31)58-21(7)47/h26-40H,12-14H2,1-11H3/t26-,27-,28-,29-,30-,31-,32+,33+,34+,35-,36-,37-,38-,39-,40-/m1/s1. The van der Waals surface area contributed by atoms with Crippen LogP contribution in [0.3, 0.4) is 0 Å². The lowest BCUT2D eigenvalue weighted by Crippen LogP contribution is -2.68. The summed E-state index contributed by atoms with van der Waals surface area (Å²) in [5, 5.41) is -0.542. The van der Waals surface area contributed by atoms with Crippen molar-refractivity contribution in [3.63, 3.8) is 0 Å². The Morgan fingerprint density at radius 1 is 0.328 bits per heavy atom. The van der Waals surface area contributed by atoms with E-state index in [9.17, 15) is 52.7 Å². The van der Waals surface area contributed by atoms with Crippen molar-refractivity contribution in [1.29, 1.82) is 0 Å². The molecule has 0 spiro atoms. The van der Waals surface area contributed by atoms with Crippen LogP contribution >= 0.6 is 11.8 Å². The summed E-state index contributed by atoms with van der Waals surface area (Å²) < 4.78 is 85.8. The maximum absolute atomic E-state index is 13.0. The van der Waals surface area contributed by atoms with Crippen molar-refractivity contribution in [2.24, 2.45) is 0 Å². The van der Waals surface area contributed by atoms with Crippen molar-refractivity contribution in [2.75, 3.05) is 19.8 Å². The van der Waals surface area contributed by atoms with Gasteiger partial charge >= 0.3 is 59.7 Å². The van der Waals surface area contributed by atoms with E-state index in [1.54, 1.807) is 0 Å². The molecule has 27 heteroatoms. The Hall–Kier alpha value is -5.48. The molecule has 3 fully saturated rings. The first kappa shape index (κ1) is 55.8. The summed E-state index contributed by atoms with van der Waals surface area (Å²) in [6.07, 6.45) is -24.9. The molecular weight excluding hydrogens is 928 g/mol. The van der Waals surface area contributed by atoms with E-state index in [0.717, 1.165) is 69.2 Å². The van der Waals surface area contributed by atoms with Gasteiger partial charge in [-0.15, -0.1) is 0 Å². The van der Waals surface area contributed by atoms with Crippen LogP contribution in [-0.2, 0) is 124 Å². The SMILES string of the molecule is CC(=O)OC[C@H]1O[C@H](SC(C)=O)[C@H](OC(C)=O)[C@@H](OC(C)=O)[C@@H]1O[C@H]1O[C@H](COC(C)=O)[C@@H](O[C@H]2O[C@H](COC(C)=O)[C@@H](OC(C)=O)[C@H](OC(C)=O)[C@H]2OC(C)=O)[C@H](OC(C)=O)[C@H]1OC(C)=O. The average Bonchev–Trinajstić information content (AvgIpc) is 3.17. The number of rotatable bonds is 18. The Labute approximate surface area is 387 Å². The molecule has 0 aromatic heterocycles. The van der Waals surface area contributed by atoms with Crippen LogP contribution in [0.2, 0.25) is 0 Å². The van der Waals surface area contributed by atoms with Gasteiger partial charge < -0.3 is 71.1 Å². The predicted molar refractivity (Wildman–Crippen MR) is 213 cm³/mol. The van der Waals surface area contributed by atoms with Crippen LogP contribution in [0.4, 0.5) is 0 Å². The fourth-order valence-electron chi connectivity index (χ4n) is 7.01. The topological polar surface area (TPSA) is 326 Å². The highest BCUT2D eigenvalue weighted by atomic mass is 32.2. The van der Waals surface area contributed by atoms with Gasteiger partial charge in [-0.25, -0.2) is 0 Å². The second kappa shape index (κ2) is 25.6. The van der Waals surface area contributed by atoms with Crippen molar-refractivity contribution in [3.8, 4) is 0 Å². The lowest BCUT2D eigenvalue weighted by Gasteiger charge is -2.50. The summed E-state index contributed by atoms with van der Waals surface area (Å²) in [4.78, 5) is 137. The zero-order valence-corrected chi connectivity index (χ0v) is 39.1. The molecule has 0 radical (unpaired) electrons.